The highest BCUT2D eigenvalue weighted by Crippen LogP contribution is 2.34. The predicted molar refractivity (Wildman–Crippen MR) is 159 cm³/mol. The first-order valence-corrected chi connectivity index (χ1v) is 14.4. The summed E-state index contributed by atoms with van der Waals surface area (Å²) in [5.41, 5.74) is 8.49. The van der Waals surface area contributed by atoms with E-state index < -0.39 is 72.9 Å². The van der Waals surface area contributed by atoms with Gasteiger partial charge in [0, 0.05) is 32.0 Å². The molecule has 0 bridgehead atoms. The zero-order chi connectivity index (χ0) is 33.4. The van der Waals surface area contributed by atoms with Gasteiger partial charge in [0.05, 0.1) is 31.1 Å². The van der Waals surface area contributed by atoms with Crippen molar-refractivity contribution in [2.24, 2.45) is 5.73 Å². The molecule has 46 heavy (non-hydrogen) atoms. The zero-order valence-electron chi connectivity index (χ0n) is 24.9. The van der Waals surface area contributed by atoms with Gasteiger partial charge in [-0.15, -0.1) is 5.10 Å². The van der Waals surface area contributed by atoms with E-state index in [0.717, 1.165) is 23.6 Å². The van der Waals surface area contributed by atoms with Gasteiger partial charge < -0.3 is 46.3 Å². The molecule has 1 saturated heterocycles. The molecule has 0 saturated carbocycles. The molecular weight excluding hydrogens is 604 g/mol. The van der Waals surface area contributed by atoms with Crippen molar-refractivity contribution in [1.29, 1.82) is 0 Å². The number of aromatic nitrogens is 3. The van der Waals surface area contributed by atoms with E-state index in [9.17, 15) is 39.6 Å². The Morgan fingerprint density at radius 3 is 2.37 bits per heavy atom. The Hall–Kier alpha value is -4.74. The van der Waals surface area contributed by atoms with E-state index in [1.807, 2.05) is 59.9 Å². The number of hydrogen-bond donors (Lipinski definition) is 7. The third-order valence-electron chi connectivity index (χ3n) is 7.39. The third-order valence-corrected chi connectivity index (χ3v) is 7.39. The van der Waals surface area contributed by atoms with E-state index in [-0.39, 0.29) is 19.6 Å². The minimum atomic E-state index is -2.47. The summed E-state index contributed by atoms with van der Waals surface area (Å²) in [6.45, 7) is 0.547. The Bertz CT molecular complexity index is 1520. The number of primary amides is 1. The standard InChI is InChI=1S/C30H36N6O10/c1-17(37)33-24-22(38)14-30(29(43)44,46-26(24)25(40)23(39)15-32-28(42)27(31)41)45-13-5-12-36-16-21(34-35-36)20-10-8-19(9-11-20)18-6-3-2-4-7-18/h2-4,6-11,16,22-26,38-40H,5,12-15H2,1H3,(H2,31,41)(H,32,42)(H,33,37)(H,43,44)/t22-,23+,24+,25+,26+,30+/m0/s1. The normalized spacial score (nSPS) is 22.4. The summed E-state index contributed by atoms with van der Waals surface area (Å²) in [4.78, 5) is 46.6. The largest absolute Gasteiger partial charge is 0.477 e. The molecule has 8 N–H and O–H groups in total. The Kier molecular flexibility index (Phi) is 11.2. The topological polar surface area (TPSA) is 248 Å². The lowest BCUT2D eigenvalue weighted by molar-refractivity contribution is -0.310. The van der Waals surface area contributed by atoms with Crippen molar-refractivity contribution in [3.05, 3.63) is 60.8 Å². The number of aliphatic hydroxyl groups excluding tert-OH is 3. The molecule has 1 aromatic heterocycles. The minimum absolute atomic E-state index is 0.190. The number of benzene rings is 2. The maximum absolute atomic E-state index is 12.4. The second kappa shape index (κ2) is 15.0. The van der Waals surface area contributed by atoms with E-state index in [4.69, 9.17) is 15.2 Å². The molecule has 1 aliphatic heterocycles. The molecular formula is C30H36N6O10. The number of carbonyl (C=O) groups excluding carboxylic acids is 3. The minimum Gasteiger partial charge on any atom is -0.477 e. The van der Waals surface area contributed by atoms with Crippen LogP contribution in [0.15, 0.2) is 60.8 Å². The van der Waals surface area contributed by atoms with Gasteiger partial charge in [-0.1, -0.05) is 59.8 Å². The summed E-state index contributed by atoms with van der Waals surface area (Å²) in [5, 5.41) is 54.9. The van der Waals surface area contributed by atoms with Gasteiger partial charge in [-0.2, -0.15) is 0 Å². The van der Waals surface area contributed by atoms with E-state index in [1.165, 1.54) is 0 Å². The highest BCUT2D eigenvalue weighted by Gasteiger charge is 2.55. The van der Waals surface area contributed by atoms with E-state index in [1.54, 1.807) is 10.9 Å². The third kappa shape index (κ3) is 8.29. The summed E-state index contributed by atoms with van der Waals surface area (Å²) in [7, 11) is 0. The fourth-order valence-corrected chi connectivity index (χ4v) is 5.04. The lowest BCUT2D eigenvalue weighted by atomic mass is 9.88. The van der Waals surface area contributed by atoms with Crippen LogP contribution in [-0.4, -0.2) is 109 Å². The number of hydrogen-bond acceptors (Lipinski definition) is 11. The molecule has 3 amide bonds. The van der Waals surface area contributed by atoms with Gasteiger partial charge in [0.2, 0.25) is 5.91 Å². The molecule has 1 fully saturated rings. The SMILES string of the molecule is CC(=O)N[C@H]1[C@H]([C@H](O)[C@H](O)CNC(=O)C(N)=O)O[C@@](OCCCn2cc(-c3ccc(-c4ccccc4)cc3)nn2)(C(=O)O)C[C@@H]1O. The maximum Gasteiger partial charge on any atom is 0.364 e. The molecule has 0 unspecified atom stereocenters. The Morgan fingerprint density at radius 1 is 1.09 bits per heavy atom. The van der Waals surface area contributed by atoms with E-state index >= 15 is 0 Å². The van der Waals surface area contributed by atoms with Crippen molar-refractivity contribution >= 4 is 23.7 Å². The predicted octanol–water partition coefficient (Wildman–Crippen LogP) is -1.22. The smallest absolute Gasteiger partial charge is 0.364 e. The van der Waals surface area contributed by atoms with Gasteiger partial charge in [-0.05, 0) is 17.5 Å². The first-order valence-electron chi connectivity index (χ1n) is 14.4. The highest BCUT2D eigenvalue weighted by atomic mass is 16.7. The first kappa shape index (κ1) is 34.1. The Balaban J connectivity index is 1.39. The molecule has 0 spiro atoms. The quantitative estimate of drug-likeness (QED) is 0.0858. The average molecular weight is 641 g/mol. The number of nitrogens with one attached hydrogen (secondary N) is 2. The molecule has 1 aliphatic rings. The number of carboxylic acid groups (broad SMARTS) is 1. The number of rotatable bonds is 13. The highest BCUT2D eigenvalue weighted by molar-refractivity contribution is 6.34. The fraction of sp³-hybridized carbons (Fsp3) is 0.400. The van der Waals surface area contributed by atoms with Gasteiger partial charge >= 0.3 is 17.8 Å². The molecule has 3 aromatic rings. The number of carbonyl (C=O) groups is 4. The van der Waals surface area contributed by atoms with Crippen molar-refractivity contribution in [1.82, 2.24) is 25.6 Å². The number of aliphatic carboxylic acids is 1. The fourth-order valence-electron chi connectivity index (χ4n) is 5.04. The molecule has 2 aromatic carbocycles. The maximum atomic E-state index is 12.4. The Morgan fingerprint density at radius 2 is 1.74 bits per heavy atom. The van der Waals surface area contributed by atoms with Crippen LogP contribution in [0.25, 0.3) is 22.4 Å². The molecule has 6 atom stereocenters. The molecule has 16 heteroatoms. The number of aliphatic hydroxyl groups is 3. The first-order chi connectivity index (χ1) is 21.9. The number of carboxylic acids is 1. The van der Waals surface area contributed by atoms with Crippen LogP contribution in [0.1, 0.15) is 19.8 Å². The molecule has 0 aliphatic carbocycles. The molecule has 4 rings (SSSR count). The van der Waals surface area contributed by atoms with Crippen LogP contribution < -0.4 is 16.4 Å². The van der Waals surface area contributed by atoms with Crippen LogP contribution in [0.2, 0.25) is 0 Å². The van der Waals surface area contributed by atoms with Gasteiger partial charge in [0.15, 0.2) is 0 Å². The van der Waals surface area contributed by atoms with Crippen molar-refractivity contribution < 1.29 is 49.1 Å². The molecule has 0 radical (unpaired) electrons. The zero-order valence-corrected chi connectivity index (χ0v) is 24.9. The van der Waals surface area contributed by atoms with Crippen molar-refractivity contribution in [3.8, 4) is 22.4 Å². The van der Waals surface area contributed by atoms with E-state index in [2.05, 4.69) is 15.6 Å². The number of amides is 3. The van der Waals surface area contributed by atoms with Crippen LogP contribution in [0.5, 0.6) is 0 Å². The lowest BCUT2D eigenvalue weighted by Crippen LogP contribution is -2.68. The van der Waals surface area contributed by atoms with Crippen molar-refractivity contribution in [2.75, 3.05) is 13.2 Å². The lowest BCUT2D eigenvalue weighted by Gasteiger charge is -2.46. The van der Waals surface area contributed by atoms with Gasteiger partial charge in [0.1, 0.15) is 17.9 Å². The van der Waals surface area contributed by atoms with Gasteiger partial charge in [-0.3, -0.25) is 19.1 Å². The van der Waals surface area contributed by atoms with Crippen LogP contribution in [0, 0.1) is 0 Å². The second-order valence-corrected chi connectivity index (χ2v) is 10.8. The Labute approximate surface area is 263 Å². The summed E-state index contributed by atoms with van der Waals surface area (Å²) in [5.74, 6) is -7.30. The molecule has 2 heterocycles. The number of nitrogens with zero attached hydrogens (tertiary/aromatic N) is 3. The van der Waals surface area contributed by atoms with Crippen LogP contribution in [-0.2, 0) is 35.2 Å². The second-order valence-electron chi connectivity index (χ2n) is 10.8. The summed E-state index contributed by atoms with van der Waals surface area (Å²) < 4.78 is 12.9. The summed E-state index contributed by atoms with van der Waals surface area (Å²) >= 11 is 0. The van der Waals surface area contributed by atoms with Crippen LogP contribution >= 0.6 is 0 Å². The van der Waals surface area contributed by atoms with Gasteiger partial charge in [0.25, 0.3) is 5.79 Å². The number of aryl methyl sites for hydroxylation is 1. The van der Waals surface area contributed by atoms with Gasteiger partial charge in [-0.25, -0.2) is 4.79 Å². The molecule has 16 nitrogen and oxygen atoms in total. The van der Waals surface area contributed by atoms with Crippen LogP contribution in [0.4, 0.5) is 0 Å². The summed E-state index contributed by atoms with van der Waals surface area (Å²) in [6, 6.07) is 16.4. The van der Waals surface area contributed by atoms with Crippen molar-refractivity contribution in [2.45, 2.75) is 62.6 Å². The van der Waals surface area contributed by atoms with E-state index in [0.29, 0.717) is 5.69 Å². The average Bonchev–Trinajstić information content (AvgIpc) is 3.51. The number of nitrogens with two attached hydrogens (primary N) is 1. The molecule has 246 valence electrons. The van der Waals surface area contributed by atoms with Crippen LogP contribution in [0.3, 0.4) is 0 Å². The number of ether oxygens (including phenoxy) is 2. The monoisotopic (exact) mass is 640 g/mol. The summed E-state index contributed by atoms with van der Waals surface area (Å²) in [6.07, 6.45) is -5.74. The van der Waals surface area contributed by atoms with Crippen molar-refractivity contribution in [3.63, 3.8) is 0 Å².